The third-order valence-electron chi connectivity index (χ3n) is 2.62. The molecule has 0 aromatic rings. The molecule has 0 saturated heterocycles. The van der Waals surface area contributed by atoms with E-state index < -0.39 is 11.8 Å². The number of carbonyl (C=O) groups excluding carboxylic acids is 1. The first kappa shape index (κ1) is 12.3. The summed E-state index contributed by atoms with van der Waals surface area (Å²) in [6, 6.07) is 0. The SMILES string of the molecule is CC1CCC(OC(=O)OC(C)(C)C)CC1. The number of rotatable bonds is 1. The molecule has 1 rings (SSSR count). The summed E-state index contributed by atoms with van der Waals surface area (Å²) in [5.41, 5.74) is -0.459. The van der Waals surface area contributed by atoms with Gasteiger partial charge in [-0.15, -0.1) is 0 Å². The van der Waals surface area contributed by atoms with Crippen molar-refractivity contribution in [1.29, 1.82) is 0 Å². The standard InChI is InChI=1S/C12H22O3/c1-9-5-7-10(8-6-9)14-11(13)15-12(2,3)4/h9-10H,5-8H2,1-4H3. The molecule has 0 aromatic heterocycles. The molecule has 0 N–H and O–H groups in total. The fourth-order valence-electron chi connectivity index (χ4n) is 1.76. The van der Waals surface area contributed by atoms with Crippen LogP contribution in [-0.4, -0.2) is 17.9 Å². The van der Waals surface area contributed by atoms with Gasteiger partial charge in [-0.05, 0) is 52.4 Å². The maximum absolute atomic E-state index is 11.4. The molecule has 0 heterocycles. The average Bonchev–Trinajstić information content (AvgIpc) is 2.05. The lowest BCUT2D eigenvalue weighted by molar-refractivity contribution is -0.0360. The van der Waals surface area contributed by atoms with Gasteiger partial charge in [0, 0.05) is 0 Å². The minimum Gasteiger partial charge on any atom is -0.431 e. The summed E-state index contributed by atoms with van der Waals surface area (Å²) in [7, 11) is 0. The van der Waals surface area contributed by atoms with Crippen molar-refractivity contribution in [3.05, 3.63) is 0 Å². The smallest absolute Gasteiger partial charge is 0.431 e. The van der Waals surface area contributed by atoms with Crippen LogP contribution in [0, 0.1) is 5.92 Å². The Morgan fingerprint density at radius 2 is 1.67 bits per heavy atom. The van der Waals surface area contributed by atoms with E-state index in [2.05, 4.69) is 6.92 Å². The van der Waals surface area contributed by atoms with Gasteiger partial charge in [0.15, 0.2) is 0 Å². The zero-order valence-corrected chi connectivity index (χ0v) is 10.2. The molecule has 0 radical (unpaired) electrons. The summed E-state index contributed by atoms with van der Waals surface area (Å²) in [5.74, 6) is 0.767. The lowest BCUT2D eigenvalue weighted by atomic mass is 9.89. The topological polar surface area (TPSA) is 35.5 Å². The Morgan fingerprint density at radius 1 is 1.13 bits per heavy atom. The van der Waals surface area contributed by atoms with Crippen LogP contribution < -0.4 is 0 Å². The van der Waals surface area contributed by atoms with Crippen molar-refractivity contribution in [3.63, 3.8) is 0 Å². The molecule has 0 atom stereocenters. The Kier molecular flexibility index (Phi) is 4.00. The summed E-state index contributed by atoms with van der Waals surface area (Å²) in [4.78, 5) is 11.4. The molecule has 88 valence electrons. The highest BCUT2D eigenvalue weighted by molar-refractivity contribution is 5.60. The summed E-state index contributed by atoms with van der Waals surface area (Å²) in [5, 5.41) is 0. The summed E-state index contributed by atoms with van der Waals surface area (Å²) < 4.78 is 10.4. The highest BCUT2D eigenvalue weighted by Crippen LogP contribution is 2.26. The average molecular weight is 214 g/mol. The van der Waals surface area contributed by atoms with Crippen LogP contribution in [-0.2, 0) is 9.47 Å². The number of carbonyl (C=O) groups is 1. The summed E-state index contributed by atoms with van der Waals surface area (Å²) >= 11 is 0. The Hall–Kier alpha value is -0.730. The van der Waals surface area contributed by atoms with E-state index in [4.69, 9.17) is 9.47 Å². The van der Waals surface area contributed by atoms with Crippen molar-refractivity contribution in [1.82, 2.24) is 0 Å². The van der Waals surface area contributed by atoms with Gasteiger partial charge in [-0.3, -0.25) is 0 Å². The molecule has 1 fully saturated rings. The van der Waals surface area contributed by atoms with Gasteiger partial charge in [-0.25, -0.2) is 4.79 Å². The van der Waals surface area contributed by atoms with Crippen molar-refractivity contribution < 1.29 is 14.3 Å². The molecule has 0 aliphatic heterocycles. The molecule has 3 heteroatoms. The second-order valence-corrected chi connectivity index (χ2v) is 5.46. The molecule has 0 amide bonds. The van der Waals surface area contributed by atoms with E-state index in [1.165, 1.54) is 0 Å². The van der Waals surface area contributed by atoms with Crippen LogP contribution in [0.2, 0.25) is 0 Å². The van der Waals surface area contributed by atoms with Crippen LogP contribution in [0.1, 0.15) is 53.4 Å². The van der Waals surface area contributed by atoms with E-state index in [1.807, 2.05) is 20.8 Å². The largest absolute Gasteiger partial charge is 0.509 e. The van der Waals surface area contributed by atoms with Crippen molar-refractivity contribution in [2.45, 2.75) is 65.1 Å². The van der Waals surface area contributed by atoms with Crippen molar-refractivity contribution >= 4 is 6.16 Å². The van der Waals surface area contributed by atoms with E-state index in [-0.39, 0.29) is 6.10 Å². The molecule has 0 bridgehead atoms. The Labute approximate surface area is 92.1 Å². The second-order valence-electron chi connectivity index (χ2n) is 5.46. The fraction of sp³-hybridized carbons (Fsp3) is 0.917. The van der Waals surface area contributed by atoms with Gasteiger partial charge in [-0.1, -0.05) is 6.92 Å². The summed E-state index contributed by atoms with van der Waals surface area (Å²) in [6.45, 7) is 7.77. The quantitative estimate of drug-likeness (QED) is 0.626. The Balaban J connectivity index is 2.27. The van der Waals surface area contributed by atoms with Gasteiger partial charge in [0.2, 0.25) is 0 Å². The van der Waals surface area contributed by atoms with Gasteiger partial charge >= 0.3 is 6.16 Å². The van der Waals surface area contributed by atoms with Crippen LogP contribution >= 0.6 is 0 Å². The zero-order chi connectivity index (χ0) is 11.5. The fourth-order valence-corrected chi connectivity index (χ4v) is 1.76. The predicted octanol–water partition coefficient (Wildman–Crippen LogP) is 3.52. The molecule has 0 spiro atoms. The Bertz CT molecular complexity index is 209. The molecule has 3 nitrogen and oxygen atoms in total. The lowest BCUT2D eigenvalue weighted by Crippen LogP contribution is -2.29. The molecular weight excluding hydrogens is 192 g/mol. The third-order valence-corrected chi connectivity index (χ3v) is 2.62. The maximum Gasteiger partial charge on any atom is 0.509 e. The van der Waals surface area contributed by atoms with Crippen molar-refractivity contribution in [2.75, 3.05) is 0 Å². The highest BCUT2D eigenvalue weighted by atomic mass is 16.7. The monoisotopic (exact) mass is 214 g/mol. The van der Waals surface area contributed by atoms with Crippen LogP contribution in [0.3, 0.4) is 0 Å². The molecule has 1 aliphatic rings. The van der Waals surface area contributed by atoms with Gasteiger partial charge in [0.25, 0.3) is 0 Å². The molecule has 0 unspecified atom stereocenters. The molecule has 0 aromatic carbocycles. The minimum atomic E-state index is -0.526. The van der Waals surface area contributed by atoms with Crippen molar-refractivity contribution in [3.8, 4) is 0 Å². The summed E-state index contributed by atoms with van der Waals surface area (Å²) in [6.07, 6.45) is 3.78. The van der Waals surface area contributed by atoms with Crippen LogP contribution in [0.4, 0.5) is 4.79 Å². The highest BCUT2D eigenvalue weighted by Gasteiger charge is 2.24. The first-order chi connectivity index (χ1) is 6.87. The van der Waals surface area contributed by atoms with Crippen molar-refractivity contribution in [2.24, 2.45) is 5.92 Å². The molecule has 15 heavy (non-hydrogen) atoms. The first-order valence-corrected chi connectivity index (χ1v) is 5.76. The van der Waals surface area contributed by atoms with Crippen LogP contribution in [0.15, 0.2) is 0 Å². The lowest BCUT2D eigenvalue weighted by Gasteiger charge is -2.27. The molecule has 1 aliphatic carbocycles. The number of hydrogen-bond acceptors (Lipinski definition) is 3. The maximum atomic E-state index is 11.4. The van der Waals surface area contributed by atoms with E-state index in [0.29, 0.717) is 0 Å². The van der Waals surface area contributed by atoms with Gasteiger partial charge in [-0.2, -0.15) is 0 Å². The number of ether oxygens (including phenoxy) is 2. The van der Waals surface area contributed by atoms with E-state index in [9.17, 15) is 4.79 Å². The van der Waals surface area contributed by atoms with Gasteiger partial charge < -0.3 is 9.47 Å². The van der Waals surface area contributed by atoms with Gasteiger partial charge in [0.1, 0.15) is 11.7 Å². The first-order valence-electron chi connectivity index (χ1n) is 5.76. The van der Waals surface area contributed by atoms with Crippen LogP contribution in [0.5, 0.6) is 0 Å². The third kappa shape index (κ3) is 5.05. The Morgan fingerprint density at radius 3 is 2.13 bits per heavy atom. The number of hydrogen-bond donors (Lipinski definition) is 0. The van der Waals surface area contributed by atoms with E-state index in [0.717, 1.165) is 31.6 Å². The zero-order valence-electron chi connectivity index (χ0n) is 10.2. The van der Waals surface area contributed by atoms with Crippen LogP contribution in [0.25, 0.3) is 0 Å². The minimum absolute atomic E-state index is 0.0658. The molecule has 1 saturated carbocycles. The van der Waals surface area contributed by atoms with E-state index >= 15 is 0 Å². The van der Waals surface area contributed by atoms with E-state index in [1.54, 1.807) is 0 Å². The molecular formula is C12H22O3. The predicted molar refractivity (Wildman–Crippen MR) is 58.7 cm³/mol. The van der Waals surface area contributed by atoms with Gasteiger partial charge in [0.05, 0.1) is 0 Å². The second kappa shape index (κ2) is 4.86. The normalized spacial score (nSPS) is 27.2.